The number of carboxylic acids is 1. The number of carboxylic acid groups (broad SMARTS) is 1. The second-order valence-electron chi connectivity index (χ2n) is 5.07. The molecule has 2 aromatic rings. The van der Waals surface area contributed by atoms with Gasteiger partial charge in [-0.2, -0.15) is 0 Å². The van der Waals surface area contributed by atoms with E-state index in [1.165, 1.54) is 16.2 Å². The van der Waals surface area contributed by atoms with Crippen LogP contribution in [0.1, 0.15) is 29.8 Å². The molecule has 0 aliphatic carbocycles. The van der Waals surface area contributed by atoms with Gasteiger partial charge in [-0.05, 0) is 32.4 Å². The van der Waals surface area contributed by atoms with E-state index in [2.05, 4.69) is 0 Å². The Bertz CT molecular complexity index is 660. The largest absolute Gasteiger partial charge is 0.480 e. The minimum atomic E-state index is -0.998. The lowest BCUT2D eigenvalue weighted by Gasteiger charge is -2.24. The molecule has 1 aromatic carbocycles. The number of aryl methyl sites for hydroxylation is 1. The number of thiophene rings is 1. The van der Waals surface area contributed by atoms with Crippen molar-refractivity contribution < 1.29 is 14.7 Å². The third kappa shape index (κ3) is 2.82. The third-order valence-corrected chi connectivity index (χ3v) is 4.10. The summed E-state index contributed by atoms with van der Waals surface area (Å²) in [5.41, 5.74) is 1.73. The molecule has 2 rings (SSSR count). The number of rotatable bonds is 4. The fraction of sp³-hybridized carbons (Fsp3) is 0.333. The Morgan fingerprint density at radius 3 is 2.65 bits per heavy atom. The molecule has 106 valence electrons. The van der Waals surface area contributed by atoms with Crippen LogP contribution in [0.15, 0.2) is 23.6 Å². The number of nitrogens with zero attached hydrogens (tertiary/aromatic N) is 1. The molecule has 1 N–H and O–H groups in total. The summed E-state index contributed by atoms with van der Waals surface area (Å²) < 4.78 is 1.05. The first-order valence-electron chi connectivity index (χ1n) is 6.40. The Morgan fingerprint density at radius 2 is 2.05 bits per heavy atom. The van der Waals surface area contributed by atoms with Gasteiger partial charge in [0.05, 0.1) is 5.56 Å². The van der Waals surface area contributed by atoms with Crippen LogP contribution in [0.4, 0.5) is 0 Å². The summed E-state index contributed by atoms with van der Waals surface area (Å²) in [7, 11) is 0. The minimum Gasteiger partial charge on any atom is -0.480 e. The van der Waals surface area contributed by atoms with Gasteiger partial charge in [-0.15, -0.1) is 11.3 Å². The molecule has 0 saturated heterocycles. The fourth-order valence-corrected chi connectivity index (χ4v) is 3.12. The lowest BCUT2D eigenvalue weighted by molar-refractivity contribution is -0.138. The number of amides is 1. The van der Waals surface area contributed by atoms with Crippen LogP contribution in [0, 0.1) is 6.92 Å². The quantitative estimate of drug-likeness (QED) is 0.941. The lowest BCUT2D eigenvalue weighted by Crippen LogP contribution is -2.40. The molecule has 0 unspecified atom stereocenters. The molecule has 0 bridgehead atoms. The maximum absolute atomic E-state index is 12.6. The first-order chi connectivity index (χ1) is 9.40. The van der Waals surface area contributed by atoms with Gasteiger partial charge in [0.15, 0.2) is 0 Å². The highest BCUT2D eigenvalue weighted by molar-refractivity contribution is 7.17. The third-order valence-electron chi connectivity index (χ3n) is 3.15. The van der Waals surface area contributed by atoms with Crippen molar-refractivity contribution in [2.45, 2.75) is 26.8 Å². The van der Waals surface area contributed by atoms with E-state index in [4.69, 9.17) is 5.11 Å². The van der Waals surface area contributed by atoms with Crippen LogP contribution < -0.4 is 0 Å². The maximum Gasteiger partial charge on any atom is 0.323 e. The van der Waals surface area contributed by atoms with E-state index in [1.807, 2.05) is 44.4 Å². The number of carbonyl (C=O) groups excluding carboxylic acids is 1. The Labute approximate surface area is 121 Å². The summed E-state index contributed by atoms with van der Waals surface area (Å²) in [5, 5.41) is 11.6. The molecule has 0 saturated carbocycles. The van der Waals surface area contributed by atoms with E-state index in [0.29, 0.717) is 5.56 Å². The number of aliphatic carboxylic acids is 1. The van der Waals surface area contributed by atoms with E-state index < -0.39 is 5.97 Å². The molecule has 0 fully saturated rings. The van der Waals surface area contributed by atoms with Crippen molar-refractivity contribution >= 4 is 33.3 Å². The van der Waals surface area contributed by atoms with Gasteiger partial charge in [0, 0.05) is 21.5 Å². The molecule has 1 amide bonds. The monoisotopic (exact) mass is 291 g/mol. The average Bonchev–Trinajstić information content (AvgIpc) is 2.77. The van der Waals surface area contributed by atoms with Crippen molar-refractivity contribution in [1.29, 1.82) is 0 Å². The minimum absolute atomic E-state index is 0.154. The van der Waals surface area contributed by atoms with Crippen LogP contribution >= 0.6 is 11.3 Å². The van der Waals surface area contributed by atoms with Gasteiger partial charge in [-0.3, -0.25) is 9.59 Å². The van der Waals surface area contributed by atoms with Gasteiger partial charge in [0.1, 0.15) is 6.54 Å². The zero-order valence-corrected chi connectivity index (χ0v) is 12.5. The standard InChI is InChI=1S/C15H17NO3S/c1-9(2)16(7-14(17)18)15(19)12-8-20-13-6-10(3)4-5-11(12)13/h4-6,8-9H,7H2,1-3H3,(H,17,18). The molecule has 0 spiro atoms. The van der Waals surface area contributed by atoms with Crippen molar-refractivity contribution in [2.75, 3.05) is 6.54 Å². The number of hydrogen-bond acceptors (Lipinski definition) is 3. The molecule has 4 nitrogen and oxygen atoms in total. The highest BCUT2D eigenvalue weighted by Gasteiger charge is 2.23. The van der Waals surface area contributed by atoms with Crippen LogP contribution in [-0.2, 0) is 4.79 Å². The molecule has 1 heterocycles. The SMILES string of the molecule is Cc1ccc2c(C(=O)N(CC(=O)O)C(C)C)csc2c1. The summed E-state index contributed by atoms with van der Waals surface area (Å²) in [4.78, 5) is 24.8. The molecular weight excluding hydrogens is 274 g/mol. The van der Waals surface area contributed by atoms with Crippen LogP contribution in [0.2, 0.25) is 0 Å². The highest BCUT2D eigenvalue weighted by Crippen LogP contribution is 2.28. The number of carbonyl (C=O) groups is 2. The Kier molecular flexibility index (Phi) is 4.09. The smallest absolute Gasteiger partial charge is 0.323 e. The molecule has 5 heteroatoms. The van der Waals surface area contributed by atoms with Gasteiger partial charge >= 0.3 is 5.97 Å². The zero-order valence-electron chi connectivity index (χ0n) is 11.7. The number of hydrogen-bond donors (Lipinski definition) is 1. The summed E-state index contributed by atoms with van der Waals surface area (Å²) >= 11 is 1.51. The van der Waals surface area contributed by atoms with E-state index in [-0.39, 0.29) is 18.5 Å². The van der Waals surface area contributed by atoms with Crippen molar-refractivity contribution in [3.8, 4) is 0 Å². The first-order valence-corrected chi connectivity index (χ1v) is 7.28. The van der Waals surface area contributed by atoms with E-state index >= 15 is 0 Å². The molecule has 1 aromatic heterocycles. The van der Waals surface area contributed by atoms with Crippen molar-refractivity contribution in [1.82, 2.24) is 4.90 Å². The number of fused-ring (bicyclic) bond motifs is 1. The summed E-state index contributed by atoms with van der Waals surface area (Å²) in [6, 6.07) is 5.77. The van der Waals surface area contributed by atoms with Gasteiger partial charge in [-0.1, -0.05) is 12.1 Å². The summed E-state index contributed by atoms with van der Waals surface area (Å²) in [5.74, 6) is -1.22. The van der Waals surface area contributed by atoms with E-state index in [9.17, 15) is 9.59 Å². The van der Waals surface area contributed by atoms with Gasteiger partial charge in [-0.25, -0.2) is 0 Å². The summed E-state index contributed by atoms with van der Waals surface area (Å²) in [6.45, 7) is 5.37. The Balaban J connectivity index is 2.41. The Hall–Kier alpha value is -1.88. The van der Waals surface area contributed by atoms with Crippen molar-refractivity contribution in [2.24, 2.45) is 0 Å². The van der Waals surface area contributed by atoms with Crippen molar-refractivity contribution in [3.63, 3.8) is 0 Å². The first kappa shape index (κ1) is 14.5. The second-order valence-corrected chi connectivity index (χ2v) is 5.98. The van der Waals surface area contributed by atoms with E-state index in [1.54, 1.807) is 0 Å². The van der Waals surface area contributed by atoms with Crippen LogP contribution in [0.3, 0.4) is 0 Å². The molecular formula is C15H17NO3S. The van der Waals surface area contributed by atoms with Crippen LogP contribution in [-0.4, -0.2) is 34.5 Å². The topological polar surface area (TPSA) is 57.6 Å². The molecule has 0 radical (unpaired) electrons. The highest BCUT2D eigenvalue weighted by atomic mass is 32.1. The van der Waals surface area contributed by atoms with E-state index in [0.717, 1.165) is 15.6 Å². The molecule has 0 atom stereocenters. The van der Waals surface area contributed by atoms with Gasteiger partial charge in [0.2, 0.25) is 0 Å². The zero-order chi connectivity index (χ0) is 14.9. The number of benzene rings is 1. The van der Waals surface area contributed by atoms with Crippen molar-refractivity contribution in [3.05, 3.63) is 34.7 Å². The summed E-state index contributed by atoms with van der Waals surface area (Å²) in [6.07, 6.45) is 0. The van der Waals surface area contributed by atoms with Crippen LogP contribution in [0.25, 0.3) is 10.1 Å². The molecule has 20 heavy (non-hydrogen) atoms. The average molecular weight is 291 g/mol. The molecule has 0 aliphatic rings. The second kappa shape index (κ2) is 5.63. The lowest BCUT2D eigenvalue weighted by atomic mass is 10.1. The molecule has 0 aliphatic heterocycles. The predicted molar refractivity (Wildman–Crippen MR) is 80.4 cm³/mol. The van der Waals surface area contributed by atoms with Gasteiger partial charge in [0.25, 0.3) is 5.91 Å². The predicted octanol–water partition coefficient (Wildman–Crippen LogP) is 3.14. The van der Waals surface area contributed by atoms with Gasteiger partial charge < -0.3 is 10.0 Å². The fourth-order valence-electron chi connectivity index (χ4n) is 2.09. The Morgan fingerprint density at radius 1 is 1.35 bits per heavy atom. The van der Waals surface area contributed by atoms with Crippen LogP contribution in [0.5, 0.6) is 0 Å². The maximum atomic E-state index is 12.6. The normalized spacial score (nSPS) is 11.0.